The maximum absolute atomic E-state index is 12.4. The van der Waals surface area contributed by atoms with Crippen molar-refractivity contribution in [2.45, 2.75) is 25.8 Å². The zero-order valence-electron chi connectivity index (χ0n) is 18.8. The van der Waals surface area contributed by atoms with E-state index in [1.54, 1.807) is 12.3 Å². The molecular weight excluding hydrogens is 446 g/mol. The van der Waals surface area contributed by atoms with E-state index in [0.717, 1.165) is 36.4 Å². The van der Waals surface area contributed by atoms with Crippen LogP contribution in [0.5, 0.6) is 5.88 Å². The molecule has 5 rings (SSSR count). The zero-order chi connectivity index (χ0) is 23.5. The number of fused-ring (bicyclic) bond motifs is 1. The summed E-state index contributed by atoms with van der Waals surface area (Å²) in [4.78, 5) is 22.0. The van der Waals surface area contributed by atoms with Crippen molar-refractivity contribution in [1.82, 2.24) is 9.88 Å². The Morgan fingerprint density at radius 3 is 2.35 bits per heavy atom. The lowest BCUT2D eigenvalue weighted by molar-refractivity contribution is 0.221. The molecule has 1 aliphatic rings. The molecule has 0 radical (unpaired) electrons. The predicted molar refractivity (Wildman–Crippen MR) is 140 cm³/mol. The van der Waals surface area contributed by atoms with Gasteiger partial charge in [-0.2, -0.15) is 0 Å². The molecule has 172 valence electrons. The molecule has 1 aromatic heterocycles. The number of hydrogen-bond donors (Lipinski definition) is 2. The summed E-state index contributed by atoms with van der Waals surface area (Å²) in [6.45, 7) is 3.29. The Balaban J connectivity index is 1.44. The zero-order valence-corrected chi connectivity index (χ0v) is 19.6. The lowest BCUT2D eigenvalue weighted by atomic mass is 10.00. The Bertz CT molecular complexity index is 1390. The van der Waals surface area contributed by atoms with Crippen LogP contribution in [0.4, 0.5) is 5.69 Å². The summed E-state index contributed by atoms with van der Waals surface area (Å²) in [6.07, 6.45) is 5.49. The van der Waals surface area contributed by atoms with Crippen LogP contribution in [0.1, 0.15) is 30.4 Å². The fourth-order valence-electron chi connectivity index (χ4n) is 4.49. The van der Waals surface area contributed by atoms with Crippen LogP contribution in [0.2, 0.25) is 5.02 Å². The molecule has 0 spiro atoms. The van der Waals surface area contributed by atoms with Crippen LogP contribution in [0.15, 0.2) is 76.5 Å². The fourth-order valence-corrected chi connectivity index (χ4v) is 4.62. The number of likely N-dealkylation sites (tertiary alicyclic amines) is 1. The molecule has 0 bridgehead atoms. The van der Waals surface area contributed by atoms with Crippen LogP contribution >= 0.6 is 11.6 Å². The first-order chi connectivity index (χ1) is 16.6. The number of piperidine rings is 1. The first-order valence-corrected chi connectivity index (χ1v) is 11.9. The van der Waals surface area contributed by atoms with Crippen molar-refractivity contribution < 1.29 is 5.11 Å². The number of benzene rings is 3. The van der Waals surface area contributed by atoms with Crippen molar-refractivity contribution in [2.24, 2.45) is 4.99 Å². The van der Waals surface area contributed by atoms with Gasteiger partial charge < -0.3 is 5.11 Å². The summed E-state index contributed by atoms with van der Waals surface area (Å²) in [5.41, 5.74) is 4.09. The first-order valence-electron chi connectivity index (χ1n) is 11.6. The van der Waals surface area contributed by atoms with Crippen molar-refractivity contribution in [3.63, 3.8) is 0 Å². The number of halogens is 1. The van der Waals surface area contributed by atoms with Gasteiger partial charge in [0.25, 0.3) is 5.56 Å². The minimum absolute atomic E-state index is 0.198. The number of nitrogens with zero attached hydrogens (tertiary/aromatic N) is 2. The van der Waals surface area contributed by atoms with Crippen LogP contribution in [-0.4, -0.2) is 34.3 Å². The first kappa shape index (κ1) is 22.4. The molecule has 0 amide bonds. The van der Waals surface area contributed by atoms with Gasteiger partial charge in [-0.3, -0.25) is 19.7 Å². The summed E-state index contributed by atoms with van der Waals surface area (Å²) in [5.74, 6) is -0.198. The number of hydrogen-bond acceptors (Lipinski definition) is 4. The van der Waals surface area contributed by atoms with E-state index in [4.69, 9.17) is 11.6 Å². The Labute approximate surface area is 203 Å². The molecular formula is C28H26ClN3O2. The average molecular weight is 472 g/mol. The minimum atomic E-state index is -0.339. The van der Waals surface area contributed by atoms with Gasteiger partial charge in [-0.1, -0.05) is 48.4 Å². The van der Waals surface area contributed by atoms with Crippen LogP contribution < -0.4 is 5.56 Å². The molecule has 0 atom stereocenters. The Morgan fingerprint density at radius 2 is 1.62 bits per heavy atom. The van der Waals surface area contributed by atoms with Crippen LogP contribution in [0.3, 0.4) is 0 Å². The second-order valence-electron chi connectivity index (χ2n) is 8.75. The summed E-state index contributed by atoms with van der Waals surface area (Å²) in [7, 11) is 0. The van der Waals surface area contributed by atoms with Gasteiger partial charge in [0.05, 0.1) is 11.3 Å². The Morgan fingerprint density at radius 1 is 0.912 bits per heavy atom. The molecule has 34 heavy (non-hydrogen) atoms. The van der Waals surface area contributed by atoms with Crippen LogP contribution in [0.25, 0.3) is 21.9 Å². The highest BCUT2D eigenvalue weighted by Gasteiger charge is 2.12. The summed E-state index contributed by atoms with van der Waals surface area (Å²) in [6, 6.07) is 21.2. The monoisotopic (exact) mass is 471 g/mol. The average Bonchev–Trinajstić information content (AvgIpc) is 2.86. The van der Waals surface area contributed by atoms with Crippen molar-refractivity contribution in [1.29, 1.82) is 0 Å². The number of aliphatic imine (C=N–C) groups is 1. The van der Waals surface area contributed by atoms with Crippen LogP contribution in [0, 0.1) is 0 Å². The molecule has 0 saturated carbocycles. The molecule has 5 nitrogen and oxygen atoms in total. The normalized spacial score (nSPS) is 14.7. The van der Waals surface area contributed by atoms with Gasteiger partial charge in [0.1, 0.15) is 0 Å². The van der Waals surface area contributed by atoms with Crippen LogP contribution in [-0.2, 0) is 6.54 Å². The second-order valence-corrected chi connectivity index (χ2v) is 9.18. The molecule has 2 N–H and O–H groups in total. The highest BCUT2D eigenvalue weighted by atomic mass is 35.5. The smallest absolute Gasteiger partial charge is 0.258 e. The number of rotatable bonds is 5. The van der Waals surface area contributed by atoms with E-state index in [-0.39, 0.29) is 11.4 Å². The Kier molecular flexibility index (Phi) is 6.48. The SMILES string of the molecule is O=c1[nH]c(O)c(C=Nc2ccc(CN3CCCCC3)cc2)c2cc(-c3ccc(Cl)cc3)ccc12. The van der Waals surface area contributed by atoms with Gasteiger partial charge >= 0.3 is 0 Å². The lowest BCUT2D eigenvalue weighted by Gasteiger charge is -2.26. The summed E-state index contributed by atoms with van der Waals surface area (Å²) >= 11 is 6.02. The van der Waals surface area contributed by atoms with Gasteiger partial charge in [-0.05, 0) is 79.0 Å². The predicted octanol–water partition coefficient (Wildman–Crippen LogP) is 6.29. The molecule has 2 heterocycles. The third-order valence-electron chi connectivity index (χ3n) is 6.35. The maximum atomic E-state index is 12.4. The van der Waals surface area contributed by atoms with E-state index >= 15 is 0 Å². The fraction of sp³-hybridized carbons (Fsp3) is 0.214. The van der Waals surface area contributed by atoms with Crippen molar-refractivity contribution >= 4 is 34.3 Å². The molecule has 0 aliphatic carbocycles. The number of pyridine rings is 1. The highest BCUT2D eigenvalue weighted by molar-refractivity contribution is 6.30. The largest absolute Gasteiger partial charge is 0.494 e. The number of nitrogens with one attached hydrogen (secondary N) is 1. The molecule has 1 fully saturated rings. The van der Waals surface area contributed by atoms with Crippen molar-refractivity contribution in [3.8, 4) is 17.0 Å². The third kappa shape index (κ3) is 4.91. The van der Waals surface area contributed by atoms with Gasteiger partial charge in [0.15, 0.2) is 0 Å². The summed E-state index contributed by atoms with van der Waals surface area (Å²) < 4.78 is 0. The number of H-pyrrole nitrogens is 1. The van der Waals surface area contributed by atoms with Crippen molar-refractivity contribution in [2.75, 3.05) is 13.1 Å². The maximum Gasteiger partial charge on any atom is 0.258 e. The molecule has 1 aliphatic heterocycles. The Hall–Kier alpha value is -3.41. The van der Waals surface area contributed by atoms with E-state index in [9.17, 15) is 9.90 Å². The van der Waals surface area contributed by atoms with E-state index in [2.05, 4.69) is 27.0 Å². The molecule has 1 saturated heterocycles. The van der Waals surface area contributed by atoms with Gasteiger partial charge in [0, 0.05) is 28.6 Å². The van der Waals surface area contributed by atoms with E-state index in [1.807, 2.05) is 48.5 Å². The lowest BCUT2D eigenvalue weighted by Crippen LogP contribution is -2.28. The van der Waals surface area contributed by atoms with E-state index in [1.165, 1.54) is 24.8 Å². The second kappa shape index (κ2) is 9.84. The number of aromatic hydroxyl groups is 1. The molecule has 0 unspecified atom stereocenters. The standard InChI is InChI=1S/C28H26ClN3O2/c29-22-9-6-20(7-10-22)21-8-13-24-25(16-21)26(28(34)31-27(24)33)17-30-23-11-4-19(5-12-23)18-32-14-2-1-3-15-32/h4-13,16-17H,1-3,14-15,18H2,(H2,31,33,34). The van der Waals surface area contributed by atoms with E-state index in [0.29, 0.717) is 21.4 Å². The molecule has 4 aromatic rings. The van der Waals surface area contributed by atoms with E-state index < -0.39 is 0 Å². The number of aromatic amines is 1. The highest BCUT2D eigenvalue weighted by Crippen LogP contribution is 2.28. The van der Waals surface area contributed by atoms with Gasteiger partial charge in [-0.25, -0.2) is 0 Å². The topological polar surface area (TPSA) is 68.7 Å². The van der Waals surface area contributed by atoms with Gasteiger partial charge in [0.2, 0.25) is 5.88 Å². The number of aromatic nitrogens is 1. The van der Waals surface area contributed by atoms with Crippen molar-refractivity contribution in [3.05, 3.63) is 93.2 Å². The third-order valence-corrected chi connectivity index (χ3v) is 6.60. The summed E-state index contributed by atoms with van der Waals surface area (Å²) in [5, 5.41) is 12.3. The quantitative estimate of drug-likeness (QED) is 0.336. The van der Waals surface area contributed by atoms with Gasteiger partial charge in [-0.15, -0.1) is 0 Å². The molecule has 6 heteroatoms. The molecule has 3 aromatic carbocycles. The minimum Gasteiger partial charge on any atom is -0.494 e.